The van der Waals surface area contributed by atoms with Crippen LogP contribution in [0.15, 0.2) is 29.4 Å². The van der Waals surface area contributed by atoms with Crippen LogP contribution in [0, 0.1) is 0 Å². The summed E-state index contributed by atoms with van der Waals surface area (Å²) in [6.07, 6.45) is 3.91. The van der Waals surface area contributed by atoms with Crippen LogP contribution in [-0.2, 0) is 16.6 Å². The molecular weight excluding hydrogens is 276 g/mol. The van der Waals surface area contributed by atoms with Gasteiger partial charge in [-0.05, 0) is 26.9 Å². The Labute approximate surface area is 121 Å². The molecule has 0 unspecified atom stereocenters. The van der Waals surface area contributed by atoms with E-state index >= 15 is 0 Å². The molecule has 0 fully saturated rings. The predicted octanol–water partition coefficient (Wildman–Crippen LogP) is 1.08. The van der Waals surface area contributed by atoms with Crippen LogP contribution in [0.2, 0.25) is 0 Å². The summed E-state index contributed by atoms with van der Waals surface area (Å²) < 4.78 is 28.0. The van der Waals surface area contributed by atoms with Crippen LogP contribution in [0.1, 0.15) is 20.3 Å². The first-order valence-corrected chi connectivity index (χ1v) is 8.17. The standard InChI is InChI=1S/C13H24N4O2S/c1-5-17(10-12(2)3)20(18,19)13-9-15-16(11-13)8-6-7-14-4/h9,11,14H,2,5-8,10H2,1,3-4H3. The highest BCUT2D eigenvalue weighted by Crippen LogP contribution is 2.15. The summed E-state index contributed by atoms with van der Waals surface area (Å²) in [5, 5.41) is 7.16. The Morgan fingerprint density at radius 3 is 2.80 bits per heavy atom. The van der Waals surface area contributed by atoms with E-state index in [4.69, 9.17) is 0 Å². The van der Waals surface area contributed by atoms with Crippen molar-refractivity contribution in [3.63, 3.8) is 0 Å². The Morgan fingerprint density at radius 1 is 1.55 bits per heavy atom. The van der Waals surface area contributed by atoms with Crippen LogP contribution in [0.25, 0.3) is 0 Å². The van der Waals surface area contributed by atoms with Gasteiger partial charge < -0.3 is 5.32 Å². The van der Waals surface area contributed by atoms with Crippen molar-refractivity contribution in [3.8, 4) is 0 Å². The maximum absolute atomic E-state index is 12.5. The van der Waals surface area contributed by atoms with Gasteiger partial charge in [-0.3, -0.25) is 4.68 Å². The first-order valence-electron chi connectivity index (χ1n) is 6.73. The number of sulfonamides is 1. The number of aryl methyl sites for hydroxylation is 1. The normalized spacial score (nSPS) is 12.0. The smallest absolute Gasteiger partial charge is 0.246 e. The fraction of sp³-hybridized carbons (Fsp3) is 0.615. The monoisotopic (exact) mass is 300 g/mol. The summed E-state index contributed by atoms with van der Waals surface area (Å²) in [5.74, 6) is 0. The zero-order valence-corrected chi connectivity index (χ0v) is 13.3. The van der Waals surface area contributed by atoms with Crippen molar-refractivity contribution in [3.05, 3.63) is 24.5 Å². The molecule has 0 spiro atoms. The Hall–Kier alpha value is -1.18. The maximum Gasteiger partial charge on any atom is 0.246 e. The largest absolute Gasteiger partial charge is 0.320 e. The Kier molecular flexibility index (Phi) is 6.38. The predicted molar refractivity (Wildman–Crippen MR) is 80.0 cm³/mol. The zero-order valence-electron chi connectivity index (χ0n) is 12.5. The summed E-state index contributed by atoms with van der Waals surface area (Å²) in [4.78, 5) is 0.241. The fourth-order valence-electron chi connectivity index (χ4n) is 1.83. The second-order valence-electron chi connectivity index (χ2n) is 4.78. The minimum atomic E-state index is -3.48. The third-order valence-corrected chi connectivity index (χ3v) is 4.73. The lowest BCUT2D eigenvalue weighted by molar-refractivity contribution is 0.452. The van der Waals surface area contributed by atoms with Crippen molar-refractivity contribution in [2.45, 2.75) is 31.7 Å². The number of likely N-dealkylation sites (N-methyl/N-ethyl adjacent to an activating group) is 1. The molecule has 0 aromatic carbocycles. The van der Waals surface area contributed by atoms with E-state index in [2.05, 4.69) is 17.0 Å². The second-order valence-corrected chi connectivity index (χ2v) is 6.72. The van der Waals surface area contributed by atoms with E-state index in [9.17, 15) is 8.42 Å². The van der Waals surface area contributed by atoms with E-state index in [0.29, 0.717) is 19.6 Å². The average molecular weight is 300 g/mol. The van der Waals surface area contributed by atoms with Crippen molar-refractivity contribution >= 4 is 10.0 Å². The number of hydrogen-bond acceptors (Lipinski definition) is 4. The molecule has 0 aliphatic carbocycles. The minimum Gasteiger partial charge on any atom is -0.320 e. The van der Waals surface area contributed by atoms with Gasteiger partial charge in [-0.2, -0.15) is 9.40 Å². The van der Waals surface area contributed by atoms with Crippen LogP contribution in [0.3, 0.4) is 0 Å². The molecule has 20 heavy (non-hydrogen) atoms. The summed E-state index contributed by atoms with van der Waals surface area (Å²) >= 11 is 0. The molecule has 0 atom stereocenters. The van der Waals surface area contributed by atoms with Gasteiger partial charge in [0.05, 0.1) is 6.20 Å². The Balaban J connectivity index is 2.83. The number of aromatic nitrogens is 2. The van der Waals surface area contributed by atoms with E-state index in [0.717, 1.165) is 18.5 Å². The highest BCUT2D eigenvalue weighted by molar-refractivity contribution is 7.89. The van der Waals surface area contributed by atoms with Gasteiger partial charge in [-0.25, -0.2) is 8.42 Å². The first-order chi connectivity index (χ1) is 9.41. The summed E-state index contributed by atoms with van der Waals surface area (Å²) in [7, 11) is -1.60. The molecule has 1 heterocycles. The molecule has 0 bridgehead atoms. The highest BCUT2D eigenvalue weighted by atomic mass is 32.2. The quantitative estimate of drug-likeness (QED) is 0.547. The van der Waals surface area contributed by atoms with Crippen LogP contribution >= 0.6 is 0 Å². The lowest BCUT2D eigenvalue weighted by atomic mass is 10.3. The molecule has 0 radical (unpaired) electrons. The van der Waals surface area contributed by atoms with Gasteiger partial charge in [0.1, 0.15) is 4.90 Å². The van der Waals surface area contributed by atoms with Crippen molar-refractivity contribution in [1.29, 1.82) is 0 Å². The third-order valence-electron chi connectivity index (χ3n) is 2.86. The Bertz CT molecular complexity index is 536. The van der Waals surface area contributed by atoms with E-state index in [1.807, 2.05) is 20.9 Å². The molecule has 1 aromatic rings. The van der Waals surface area contributed by atoms with Crippen molar-refractivity contribution in [2.75, 3.05) is 26.7 Å². The number of nitrogens with zero attached hydrogens (tertiary/aromatic N) is 3. The first kappa shape index (κ1) is 16.9. The molecule has 1 N–H and O–H groups in total. The average Bonchev–Trinajstić information content (AvgIpc) is 2.85. The van der Waals surface area contributed by atoms with E-state index in [-0.39, 0.29) is 4.90 Å². The van der Waals surface area contributed by atoms with Crippen LogP contribution in [0.5, 0.6) is 0 Å². The highest BCUT2D eigenvalue weighted by Gasteiger charge is 2.24. The van der Waals surface area contributed by atoms with Gasteiger partial charge in [0.15, 0.2) is 0 Å². The van der Waals surface area contributed by atoms with E-state index < -0.39 is 10.0 Å². The molecule has 0 saturated carbocycles. The van der Waals surface area contributed by atoms with E-state index in [1.165, 1.54) is 10.5 Å². The molecule has 0 aliphatic rings. The van der Waals surface area contributed by atoms with Crippen LogP contribution in [-0.4, -0.2) is 49.2 Å². The minimum absolute atomic E-state index is 0.241. The zero-order chi connectivity index (χ0) is 15.2. The van der Waals surface area contributed by atoms with Crippen molar-refractivity contribution in [2.24, 2.45) is 0 Å². The van der Waals surface area contributed by atoms with Crippen molar-refractivity contribution in [1.82, 2.24) is 19.4 Å². The molecule has 6 nitrogen and oxygen atoms in total. The summed E-state index contributed by atoms with van der Waals surface area (Å²) in [5.41, 5.74) is 0.817. The van der Waals surface area contributed by atoms with Gasteiger partial charge in [-0.15, -0.1) is 0 Å². The second kappa shape index (κ2) is 7.56. The molecule has 1 rings (SSSR count). The number of nitrogens with one attached hydrogen (secondary N) is 1. The van der Waals surface area contributed by atoms with Gasteiger partial charge in [-0.1, -0.05) is 19.1 Å². The topological polar surface area (TPSA) is 67.2 Å². The molecule has 1 aromatic heterocycles. The maximum atomic E-state index is 12.5. The molecular formula is C13H24N4O2S. The SMILES string of the molecule is C=C(C)CN(CC)S(=O)(=O)c1cnn(CCCNC)c1. The lowest BCUT2D eigenvalue weighted by Gasteiger charge is -2.19. The van der Waals surface area contributed by atoms with Gasteiger partial charge in [0.2, 0.25) is 10.0 Å². The van der Waals surface area contributed by atoms with Gasteiger partial charge in [0, 0.05) is 25.8 Å². The van der Waals surface area contributed by atoms with Crippen LogP contribution in [0.4, 0.5) is 0 Å². The van der Waals surface area contributed by atoms with Crippen LogP contribution < -0.4 is 5.32 Å². The third kappa shape index (κ3) is 4.43. The Morgan fingerprint density at radius 2 is 2.25 bits per heavy atom. The van der Waals surface area contributed by atoms with Crippen molar-refractivity contribution < 1.29 is 8.42 Å². The molecule has 114 valence electrons. The van der Waals surface area contributed by atoms with E-state index in [1.54, 1.807) is 10.9 Å². The summed E-state index contributed by atoms with van der Waals surface area (Å²) in [6.45, 7) is 9.73. The molecule has 0 saturated heterocycles. The van der Waals surface area contributed by atoms with Gasteiger partial charge >= 0.3 is 0 Å². The molecule has 0 amide bonds. The lowest BCUT2D eigenvalue weighted by Crippen LogP contribution is -2.32. The van der Waals surface area contributed by atoms with Gasteiger partial charge in [0.25, 0.3) is 0 Å². The molecule has 7 heteroatoms. The number of hydrogen-bond donors (Lipinski definition) is 1. The number of rotatable bonds is 9. The fourth-order valence-corrected chi connectivity index (χ4v) is 3.30. The summed E-state index contributed by atoms with van der Waals surface area (Å²) in [6, 6.07) is 0. The molecule has 0 aliphatic heterocycles.